The summed E-state index contributed by atoms with van der Waals surface area (Å²) in [6.07, 6.45) is 0. The molecule has 0 aliphatic rings. The third kappa shape index (κ3) is 5.82. The van der Waals surface area contributed by atoms with Gasteiger partial charge >= 0.3 is 5.97 Å². The minimum Gasteiger partial charge on any atom is -0.475 e. The highest BCUT2D eigenvalue weighted by Gasteiger charge is 2.11. The zero-order chi connectivity index (χ0) is 14.1. The van der Waals surface area contributed by atoms with Crippen LogP contribution in [-0.4, -0.2) is 56.6 Å². The minimum absolute atomic E-state index is 0.0396. The normalized spacial score (nSPS) is 10.3. The predicted octanol–water partition coefficient (Wildman–Crippen LogP) is 0.958. The number of methoxy groups -OCH3 is 2. The summed E-state index contributed by atoms with van der Waals surface area (Å²) in [6, 6.07) is 1.35. The van der Waals surface area contributed by atoms with Crippen molar-refractivity contribution in [2.24, 2.45) is 0 Å². The molecule has 0 saturated heterocycles. The summed E-state index contributed by atoms with van der Waals surface area (Å²) >= 11 is 5.67. The van der Waals surface area contributed by atoms with Crippen LogP contribution in [0.4, 0.5) is 0 Å². The second-order valence-corrected chi connectivity index (χ2v) is 3.64. The van der Waals surface area contributed by atoms with Gasteiger partial charge in [0.25, 0.3) is 0 Å². The molecule has 7 nitrogen and oxygen atoms in total. The molecule has 1 rings (SSSR count). The van der Waals surface area contributed by atoms with Crippen LogP contribution in [0, 0.1) is 0 Å². The van der Waals surface area contributed by atoms with Gasteiger partial charge in [-0.1, -0.05) is 0 Å². The van der Waals surface area contributed by atoms with E-state index in [9.17, 15) is 4.79 Å². The average Bonchev–Trinajstić information content (AvgIpc) is 2.41. The van der Waals surface area contributed by atoms with Crippen molar-refractivity contribution in [3.8, 4) is 5.88 Å². The van der Waals surface area contributed by atoms with E-state index in [1.807, 2.05) is 0 Å². The van der Waals surface area contributed by atoms with E-state index in [1.165, 1.54) is 13.2 Å². The second kappa shape index (κ2) is 8.63. The van der Waals surface area contributed by atoms with E-state index in [1.54, 1.807) is 7.11 Å². The van der Waals surface area contributed by atoms with Gasteiger partial charge in [0, 0.05) is 13.2 Å². The highest BCUT2D eigenvalue weighted by Crippen LogP contribution is 2.13. The Morgan fingerprint density at radius 1 is 1.21 bits per heavy atom. The Bertz CT molecular complexity index is 416. The number of halogens is 1. The van der Waals surface area contributed by atoms with Gasteiger partial charge in [0.15, 0.2) is 5.69 Å². The SMILES string of the molecule is COCCOCCOc1cc(C(=O)OC)nc(Cl)n1. The van der Waals surface area contributed by atoms with Gasteiger partial charge < -0.3 is 18.9 Å². The highest BCUT2D eigenvalue weighted by atomic mass is 35.5. The summed E-state index contributed by atoms with van der Waals surface area (Å²) in [5.74, 6) is -0.416. The van der Waals surface area contributed by atoms with E-state index in [4.69, 9.17) is 25.8 Å². The third-order valence-corrected chi connectivity index (χ3v) is 2.15. The number of hydrogen-bond acceptors (Lipinski definition) is 7. The molecule has 0 atom stereocenters. The molecule has 0 spiro atoms. The molecule has 0 radical (unpaired) electrons. The predicted molar refractivity (Wildman–Crippen MR) is 66.6 cm³/mol. The van der Waals surface area contributed by atoms with E-state index < -0.39 is 5.97 Å². The number of hydrogen-bond donors (Lipinski definition) is 0. The third-order valence-electron chi connectivity index (χ3n) is 1.98. The van der Waals surface area contributed by atoms with Gasteiger partial charge in [-0.3, -0.25) is 0 Å². The lowest BCUT2D eigenvalue weighted by molar-refractivity contribution is 0.0533. The monoisotopic (exact) mass is 290 g/mol. The Labute approximate surface area is 115 Å². The van der Waals surface area contributed by atoms with Crippen molar-refractivity contribution in [1.29, 1.82) is 0 Å². The first-order chi connectivity index (χ1) is 9.17. The largest absolute Gasteiger partial charge is 0.475 e. The molecule has 0 aliphatic heterocycles. The molecule has 1 aromatic heterocycles. The van der Waals surface area contributed by atoms with Gasteiger partial charge in [-0.15, -0.1) is 0 Å². The molecule has 0 fully saturated rings. The molecule has 19 heavy (non-hydrogen) atoms. The maximum absolute atomic E-state index is 11.3. The molecule has 0 unspecified atom stereocenters. The van der Waals surface area contributed by atoms with Crippen molar-refractivity contribution in [2.45, 2.75) is 0 Å². The van der Waals surface area contributed by atoms with Crippen molar-refractivity contribution in [1.82, 2.24) is 9.97 Å². The number of rotatable bonds is 8. The Morgan fingerprint density at radius 3 is 2.63 bits per heavy atom. The molecule has 0 N–H and O–H groups in total. The van der Waals surface area contributed by atoms with Crippen molar-refractivity contribution in [3.05, 3.63) is 17.0 Å². The van der Waals surface area contributed by atoms with E-state index in [2.05, 4.69) is 14.7 Å². The van der Waals surface area contributed by atoms with Gasteiger partial charge in [0.1, 0.15) is 6.61 Å². The molecule has 0 bridgehead atoms. The molecule has 0 amide bonds. The summed E-state index contributed by atoms with van der Waals surface area (Å²) in [7, 11) is 2.85. The lowest BCUT2D eigenvalue weighted by atomic mass is 10.4. The summed E-state index contributed by atoms with van der Waals surface area (Å²) in [6.45, 7) is 1.65. The van der Waals surface area contributed by atoms with Crippen LogP contribution in [0.5, 0.6) is 5.88 Å². The maximum Gasteiger partial charge on any atom is 0.356 e. The van der Waals surface area contributed by atoms with Crippen LogP contribution in [-0.2, 0) is 14.2 Å². The van der Waals surface area contributed by atoms with Crippen LogP contribution in [0.25, 0.3) is 0 Å². The molecule has 106 valence electrons. The Hall–Kier alpha value is -1.44. The topological polar surface area (TPSA) is 79.8 Å². The van der Waals surface area contributed by atoms with Crippen molar-refractivity contribution < 1.29 is 23.7 Å². The quantitative estimate of drug-likeness (QED) is 0.401. The first-order valence-electron chi connectivity index (χ1n) is 5.49. The first kappa shape index (κ1) is 15.6. The smallest absolute Gasteiger partial charge is 0.356 e. The van der Waals surface area contributed by atoms with E-state index >= 15 is 0 Å². The van der Waals surface area contributed by atoms with E-state index in [0.29, 0.717) is 19.8 Å². The fourth-order valence-corrected chi connectivity index (χ4v) is 1.30. The first-order valence-corrected chi connectivity index (χ1v) is 5.87. The fraction of sp³-hybridized carbons (Fsp3) is 0.545. The molecule has 0 aliphatic carbocycles. The summed E-state index contributed by atoms with van der Waals surface area (Å²) in [5.41, 5.74) is 0.0396. The molecule has 0 saturated carbocycles. The number of nitrogens with zero attached hydrogens (tertiary/aromatic N) is 2. The molecule has 1 heterocycles. The van der Waals surface area contributed by atoms with Crippen molar-refractivity contribution >= 4 is 17.6 Å². The van der Waals surface area contributed by atoms with E-state index in [0.717, 1.165) is 0 Å². The summed E-state index contributed by atoms with van der Waals surface area (Å²) in [4.78, 5) is 18.9. The Kier molecular flexibility index (Phi) is 7.09. The van der Waals surface area contributed by atoms with Crippen LogP contribution < -0.4 is 4.74 Å². The van der Waals surface area contributed by atoms with Crippen LogP contribution >= 0.6 is 11.6 Å². The molecule has 0 aromatic carbocycles. The number of aromatic nitrogens is 2. The van der Waals surface area contributed by atoms with Gasteiger partial charge in [-0.05, 0) is 11.6 Å². The molecule has 1 aromatic rings. The Balaban J connectivity index is 2.45. The number of esters is 1. The van der Waals surface area contributed by atoms with Crippen LogP contribution in [0.1, 0.15) is 10.5 Å². The lowest BCUT2D eigenvalue weighted by Gasteiger charge is -2.07. The van der Waals surface area contributed by atoms with Crippen LogP contribution in [0.3, 0.4) is 0 Å². The average molecular weight is 291 g/mol. The number of carbonyl (C=O) groups excluding carboxylic acids is 1. The van der Waals surface area contributed by atoms with Gasteiger partial charge in [0.2, 0.25) is 11.2 Å². The van der Waals surface area contributed by atoms with Crippen molar-refractivity contribution in [2.75, 3.05) is 40.6 Å². The Morgan fingerprint density at radius 2 is 1.95 bits per heavy atom. The van der Waals surface area contributed by atoms with Gasteiger partial charge in [-0.25, -0.2) is 9.78 Å². The number of carbonyl (C=O) groups is 1. The zero-order valence-electron chi connectivity index (χ0n) is 10.7. The highest BCUT2D eigenvalue weighted by molar-refractivity contribution is 6.28. The minimum atomic E-state index is -0.606. The van der Waals surface area contributed by atoms with E-state index in [-0.39, 0.29) is 23.5 Å². The zero-order valence-corrected chi connectivity index (χ0v) is 11.5. The summed E-state index contributed by atoms with van der Waals surface area (Å²) in [5, 5.41) is -0.0850. The second-order valence-electron chi connectivity index (χ2n) is 3.31. The van der Waals surface area contributed by atoms with Crippen LogP contribution in [0.2, 0.25) is 5.28 Å². The van der Waals surface area contributed by atoms with Gasteiger partial charge in [0.05, 0.1) is 26.9 Å². The molecular weight excluding hydrogens is 276 g/mol. The lowest BCUT2D eigenvalue weighted by Crippen LogP contribution is -2.12. The van der Waals surface area contributed by atoms with Crippen LogP contribution in [0.15, 0.2) is 6.07 Å². The fourth-order valence-electron chi connectivity index (χ4n) is 1.13. The van der Waals surface area contributed by atoms with Gasteiger partial charge in [-0.2, -0.15) is 4.98 Å². The summed E-state index contributed by atoms with van der Waals surface area (Å²) < 4.78 is 19.9. The standard InChI is InChI=1S/C11H15ClN2O5/c1-16-3-4-18-5-6-19-9-7-8(10(15)17-2)13-11(12)14-9/h7H,3-6H2,1-2H3. The van der Waals surface area contributed by atoms with Crippen molar-refractivity contribution in [3.63, 3.8) is 0 Å². The number of ether oxygens (including phenoxy) is 4. The molecular formula is C11H15ClN2O5. The molecule has 8 heteroatoms. The maximum atomic E-state index is 11.3.